The van der Waals surface area contributed by atoms with Gasteiger partial charge in [-0.2, -0.15) is 16.4 Å². The lowest BCUT2D eigenvalue weighted by molar-refractivity contribution is 0.0690. The SMILES string of the molecule is O=C(O)c1nn2c(-c3ccsc3)cc(C3CC3)cc2c1Cl. The number of pyridine rings is 1. The Morgan fingerprint density at radius 3 is 2.86 bits per heavy atom. The molecule has 0 saturated heterocycles. The van der Waals surface area contributed by atoms with Crippen LogP contribution in [0.3, 0.4) is 0 Å². The monoisotopic (exact) mass is 318 g/mol. The highest BCUT2D eigenvalue weighted by molar-refractivity contribution is 7.08. The minimum Gasteiger partial charge on any atom is -0.476 e. The first-order valence-corrected chi connectivity index (χ1v) is 7.95. The van der Waals surface area contributed by atoms with E-state index in [1.165, 1.54) is 18.4 Å². The Morgan fingerprint density at radius 1 is 1.43 bits per heavy atom. The number of carboxylic acid groups (broad SMARTS) is 1. The quantitative estimate of drug-likeness (QED) is 0.783. The van der Waals surface area contributed by atoms with E-state index in [1.54, 1.807) is 15.9 Å². The molecule has 1 saturated carbocycles. The molecular weight excluding hydrogens is 308 g/mol. The van der Waals surface area contributed by atoms with E-state index in [2.05, 4.69) is 11.2 Å². The average molecular weight is 319 g/mol. The number of halogens is 1. The van der Waals surface area contributed by atoms with Crippen LogP contribution in [-0.4, -0.2) is 20.7 Å². The second-order valence-corrected chi connectivity index (χ2v) is 6.38. The first-order chi connectivity index (χ1) is 10.1. The summed E-state index contributed by atoms with van der Waals surface area (Å²) in [5, 5.41) is 17.6. The third-order valence-electron chi connectivity index (χ3n) is 3.76. The molecule has 4 rings (SSSR count). The highest BCUT2D eigenvalue weighted by Gasteiger charge is 2.27. The minimum absolute atomic E-state index is 0.0962. The van der Waals surface area contributed by atoms with Gasteiger partial charge in [-0.15, -0.1) is 0 Å². The Bertz CT molecular complexity index is 850. The smallest absolute Gasteiger partial charge is 0.358 e. The van der Waals surface area contributed by atoms with Crippen molar-refractivity contribution in [2.45, 2.75) is 18.8 Å². The topological polar surface area (TPSA) is 54.6 Å². The van der Waals surface area contributed by atoms with Gasteiger partial charge in [-0.1, -0.05) is 11.6 Å². The molecule has 0 atom stereocenters. The first kappa shape index (κ1) is 12.9. The van der Waals surface area contributed by atoms with Crippen LogP contribution in [0.1, 0.15) is 34.8 Å². The van der Waals surface area contributed by atoms with Gasteiger partial charge in [0.15, 0.2) is 5.69 Å². The number of hydrogen-bond donors (Lipinski definition) is 1. The van der Waals surface area contributed by atoms with Crippen molar-refractivity contribution in [1.82, 2.24) is 9.61 Å². The molecule has 0 radical (unpaired) electrons. The van der Waals surface area contributed by atoms with Gasteiger partial charge in [0.1, 0.15) is 5.02 Å². The molecule has 0 bridgehead atoms. The Kier molecular flexibility index (Phi) is 2.80. The predicted molar refractivity (Wildman–Crippen MR) is 82.4 cm³/mol. The molecule has 3 aromatic rings. The van der Waals surface area contributed by atoms with E-state index >= 15 is 0 Å². The normalized spacial score (nSPS) is 14.7. The first-order valence-electron chi connectivity index (χ1n) is 6.63. The number of aromatic nitrogens is 2. The van der Waals surface area contributed by atoms with Crippen LogP contribution in [0.15, 0.2) is 29.0 Å². The van der Waals surface area contributed by atoms with Gasteiger partial charge in [0.05, 0.1) is 11.2 Å². The van der Waals surface area contributed by atoms with E-state index in [4.69, 9.17) is 11.6 Å². The van der Waals surface area contributed by atoms with E-state index in [-0.39, 0.29) is 10.7 Å². The van der Waals surface area contributed by atoms with Gasteiger partial charge in [0.25, 0.3) is 0 Å². The van der Waals surface area contributed by atoms with Gasteiger partial charge in [0, 0.05) is 10.9 Å². The molecule has 3 heterocycles. The Hall–Kier alpha value is -1.85. The molecule has 0 spiro atoms. The fraction of sp³-hybridized carbons (Fsp3) is 0.200. The highest BCUT2D eigenvalue weighted by Crippen LogP contribution is 2.42. The van der Waals surface area contributed by atoms with Crippen LogP contribution >= 0.6 is 22.9 Å². The summed E-state index contributed by atoms with van der Waals surface area (Å²) in [6, 6.07) is 6.07. The number of nitrogens with zero attached hydrogens (tertiary/aromatic N) is 2. The van der Waals surface area contributed by atoms with Gasteiger partial charge in [-0.05, 0) is 47.9 Å². The average Bonchev–Trinajstić information content (AvgIpc) is 3.06. The van der Waals surface area contributed by atoms with Crippen molar-refractivity contribution >= 4 is 34.4 Å². The van der Waals surface area contributed by atoms with Gasteiger partial charge in [-0.3, -0.25) is 0 Å². The molecule has 1 aliphatic carbocycles. The summed E-state index contributed by atoms with van der Waals surface area (Å²) in [5.41, 5.74) is 3.71. The van der Waals surface area contributed by atoms with Crippen LogP contribution in [-0.2, 0) is 0 Å². The molecule has 3 aromatic heterocycles. The van der Waals surface area contributed by atoms with Crippen molar-refractivity contribution in [2.24, 2.45) is 0 Å². The van der Waals surface area contributed by atoms with Gasteiger partial charge in [-0.25, -0.2) is 9.31 Å². The Labute approximate surface area is 129 Å². The van der Waals surface area contributed by atoms with Crippen LogP contribution in [0.5, 0.6) is 0 Å². The number of rotatable bonds is 3. The maximum absolute atomic E-state index is 11.3. The molecule has 6 heteroatoms. The van der Waals surface area contributed by atoms with E-state index in [1.807, 2.05) is 22.9 Å². The molecule has 1 fully saturated rings. The maximum Gasteiger partial charge on any atom is 0.358 e. The molecule has 0 aliphatic heterocycles. The number of thiophene rings is 1. The van der Waals surface area contributed by atoms with Crippen molar-refractivity contribution in [3.63, 3.8) is 0 Å². The zero-order valence-corrected chi connectivity index (χ0v) is 12.5. The summed E-state index contributed by atoms with van der Waals surface area (Å²) in [6.07, 6.45) is 2.35. The lowest BCUT2D eigenvalue weighted by Gasteiger charge is -2.07. The molecule has 21 heavy (non-hydrogen) atoms. The van der Waals surface area contributed by atoms with E-state index in [0.29, 0.717) is 11.4 Å². The summed E-state index contributed by atoms with van der Waals surface area (Å²) in [6.45, 7) is 0. The number of carbonyl (C=O) groups is 1. The summed E-state index contributed by atoms with van der Waals surface area (Å²) in [5.74, 6) is -0.542. The van der Waals surface area contributed by atoms with Gasteiger partial charge >= 0.3 is 5.97 Å². The lowest BCUT2D eigenvalue weighted by atomic mass is 10.1. The molecule has 0 unspecified atom stereocenters. The van der Waals surface area contributed by atoms with E-state index in [0.717, 1.165) is 11.3 Å². The number of carboxylic acids is 1. The van der Waals surface area contributed by atoms with Crippen LogP contribution in [0, 0.1) is 0 Å². The fourth-order valence-electron chi connectivity index (χ4n) is 2.54. The molecule has 0 aromatic carbocycles. The Morgan fingerprint density at radius 2 is 2.24 bits per heavy atom. The molecule has 1 N–H and O–H groups in total. The maximum atomic E-state index is 11.3. The zero-order chi connectivity index (χ0) is 14.6. The predicted octanol–water partition coefficient (Wildman–Crippen LogP) is 4.29. The van der Waals surface area contributed by atoms with Crippen LogP contribution in [0.2, 0.25) is 5.02 Å². The third-order valence-corrected chi connectivity index (χ3v) is 4.82. The van der Waals surface area contributed by atoms with Crippen molar-refractivity contribution in [3.8, 4) is 11.3 Å². The van der Waals surface area contributed by atoms with Crippen LogP contribution in [0.4, 0.5) is 0 Å². The molecule has 0 amide bonds. The van der Waals surface area contributed by atoms with Gasteiger partial charge in [0.2, 0.25) is 0 Å². The lowest BCUT2D eigenvalue weighted by Crippen LogP contribution is -2.00. The number of fused-ring (bicyclic) bond motifs is 1. The summed E-state index contributed by atoms with van der Waals surface area (Å²) < 4.78 is 1.64. The standard InChI is InChI=1S/C15H11ClN2O2S/c16-13-12-6-10(8-1-2-8)5-11(9-3-4-21-7-9)18(12)17-14(13)15(19)20/h3-8H,1-2H2,(H,19,20). The van der Waals surface area contributed by atoms with Crippen LogP contribution in [0.25, 0.3) is 16.8 Å². The zero-order valence-electron chi connectivity index (χ0n) is 10.9. The molecule has 1 aliphatic rings. The summed E-state index contributed by atoms with van der Waals surface area (Å²) >= 11 is 7.82. The Balaban J connectivity index is 2.05. The van der Waals surface area contributed by atoms with Gasteiger partial charge < -0.3 is 5.11 Å². The summed E-state index contributed by atoms with van der Waals surface area (Å²) in [4.78, 5) is 11.3. The van der Waals surface area contributed by atoms with E-state index < -0.39 is 5.97 Å². The minimum atomic E-state index is -1.10. The van der Waals surface area contributed by atoms with Crippen molar-refractivity contribution in [3.05, 3.63) is 45.2 Å². The highest BCUT2D eigenvalue weighted by atomic mass is 35.5. The molecule has 106 valence electrons. The largest absolute Gasteiger partial charge is 0.476 e. The van der Waals surface area contributed by atoms with Crippen molar-refractivity contribution < 1.29 is 9.90 Å². The van der Waals surface area contributed by atoms with Crippen molar-refractivity contribution in [1.29, 1.82) is 0 Å². The van der Waals surface area contributed by atoms with E-state index in [9.17, 15) is 9.90 Å². The third kappa shape index (κ3) is 2.04. The number of hydrogen-bond acceptors (Lipinski definition) is 3. The second-order valence-electron chi connectivity index (χ2n) is 5.22. The number of aromatic carboxylic acids is 1. The second kappa shape index (κ2) is 4.58. The summed E-state index contributed by atoms with van der Waals surface area (Å²) in [7, 11) is 0. The molecular formula is C15H11ClN2O2S. The van der Waals surface area contributed by atoms with Crippen LogP contribution < -0.4 is 0 Å². The fourth-order valence-corrected chi connectivity index (χ4v) is 3.45. The molecule has 4 nitrogen and oxygen atoms in total. The van der Waals surface area contributed by atoms with Crippen molar-refractivity contribution in [2.75, 3.05) is 0 Å².